The molecule has 1 unspecified atom stereocenters. The van der Waals surface area contributed by atoms with Crippen molar-refractivity contribution in [2.24, 2.45) is 0 Å². The van der Waals surface area contributed by atoms with E-state index in [1.54, 1.807) is 32.4 Å². The van der Waals surface area contributed by atoms with Gasteiger partial charge >= 0.3 is 0 Å². The Labute approximate surface area is 160 Å². The highest BCUT2D eigenvalue weighted by molar-refractivity contribution is 6.06. The van der Waals surface area contributed by atoms with Crippen LogP contribution in [0.3, 0.4) is 0 Å². The van der Waals surface area contributed by atoms with Crippen LogP contribution in [0.1, 0.15) is 36.5 Å². The lowest BCUT2D eigenvalue weighted by Crippen LogP contribution is -2.38. The van der Waals surface area contributed by atoms with Crippen molar-refractivity contribution < 1.29 is 14.3 Å². The Bertz CT molecular complexity index is 822. The maximum atomic E-state index is 12.8. The fourth-order valence-electron chi connectivity index (χ4n) is 3.53. The van der Waals surface area contributed by atoms with Gasteiger partial charge in [0.15, 0.2) is 11.5 Å². The van der Waals surface area contributed by atoms with Crippen molar-refractivity contribution in [1.29, 1.82) is 0 Å². The Morgan fingerprint density at radius 3 is 2.59 bits per heavy atom. The van der Waals surface area contributed by atoms with E-state index in [4.69, 9.17) is 15.2 Å². The van der Waals surface area contributed by atoms with Gasteiger partial charge in [0.2, 0.25) is 0 Å². The second-order valence-electron chi connectivity index (χ2n) is 6.84. The van der Waals surface area contributed by atoms with Crippen molar-refractivity contribution in [2.75, 3.05) is 36.7 Å². The number of anilines is 3. The molecule has 6 nitrogen and oxygen atoms in total. The quantitative estimate of drug-likeness (QED) is 0.781. The van der Waals surface area contributed by atoms with E-state index in [1.807, 2.05) is 18.2 Å². The Morgan fingerprint density at radius 2 is 1.89 bits per heavy atom. The Balaban J connectivity index is 1.88. The standard InChI is InChI=1S/C21H27N3O3/c1-14-6-4-5-11-24(14)18-9-8-16(22)13-17(18)23-21(25)15-7-10-19(26-2)20(12-15)27-3/h7-10,12-14H,4-6,11,22H2,1-3H3,(H,23,25). The molecule has 1 aliphatic rings. The van der Waals surface area contributed by atoms with Crippen molar-refractivity contribution in [1.82, 2.24) is 0 Å². The molecule has 0 aromatic heterocycles. The fourth-order valence-corrected chi connectivity index (χ4v) is 3.53. The maximum Gasteiger partial charge on any atom is 0.255 e. The van der Waals surface area contributed by atoms with Crippen LogP contribution >= 0.6 is 0 Å². The maximum absolute atomic E-state index is 12.8. The molecule has 0 spiro atoms. The van der Waals surface area contributed by atoms with Crippen molar-refractivity contribution in [3.05, 3.63) is 42.0 Å². The van der Waals surface area contributed by atoms with Gasteiger partial charge in [0.1, 0.15) is 0 Å². The van der Waals surface area contributed by atoms with Crippen LogP contribution < -0.4 is 25.4 Å². The third kappa shape index (κ3) is 4.10. The summed E-state index contributed by atoms with van der Waals surface area (Å²) in [5.74, 6) is 0.885. The van der Waals surface area contributed by atoms with Gasteiger partial charge in [0.05, 0.1) is 25.6 Å². The monoisotopic (exact) mass is 369 g/mol. The summed E-state index contributed by atoms with van der Waals surface area (Å²) < 4.78 is 10.5. The minimum absolute atomic E-state index is 0.215. The summed E-state index contributed by atoms with van der Waals surface area (Å²) in [5.41, 5.74) is 8.82. The topological polar surface area (TPSA) is 76.8 Å². The van der Waals surface area contributed by atoms with Gasteiger partial charge in [-0.3, -0.25) is 4.79 Å². The molecule has 6 heteroatoms. The molecule has 2 aromatic carbocycles. The number of piperidine rings is 1. The predicted molar refractivity (Wildman–Crippen MR) is 109 cm³/mol. The largest absolute Gasteiger partial charge is 0.493 e. The highest BCUT2D eigenvalue weighted by Gasteiger charge is 2.22. The number of carbonyl (C=O) groups is 1. The number of nitrogens with zero attached hydrogens (tertiary/aromatic N) is 1. The zero-order chi connectivity index (χ0) is 19.4. The van der Waals surface area contributed by atoms with Crippen molar-refractivity contribution in [3.8, 4) is 11.5 Å². The molecular weight excluding hydrogens is 342 g/mol. The average Bonchev–Trinajstić information content (AvgIpc) is 2.68. The van der Waals surface area contributed by atoms with Crippen LogP contribution in [0.2, 0.25) is 0 Å². The number of nitrogens with one attached hydrogen (secondary N) is 1. The zero-order valence-electron chi connectivity index (χ0n) is 16.1. The van der Waals surface area contributed by atoms with Crippen LogP contribution in [0.25, 0.3) is 0 Å². The zero-order valence-corrected chi connectivity index (χ0v) is 16.1. The van der Waals surface area contributed by atoms with Gasteiger partial charge in [-0.2, -0.15) is 0 Å². The van der Waals surface area contributed by atoms with Crippen LogP contribution in [-0.2, 0) is 0 Å². The van der Waals surface area contributed by atoms with Crippen LogP contribution in [0.15, 0.2) is 36.4 Å². The molecule has 1 saturated heterocycles. The first kappa shape index (κ1) is 18.9. The van der Waals surface area contributed by atoms with Crippen LogP contribution in [0.5, 0.6) is 11.5 Å². The molecule has 2 aromatic rings. The normalized spacial score (nSPS) is 16.7. The summed E-state index contributed by atoms with van der Waals surface area (Å²) >= 11 is 0. The number of hydrogen-bond donors (Lipinski definition) is 2. The molecule has 144 valence electrons. The lowest BCUT2D eigenvalue weighted by atomic mass is 10.0. The number of hydrogen-bond acceptors (Lipinski definition) is 5. The number of benzene rings is 2. The summed E-state index contributed by atoms with van der Waals surface area (Å²) in [6.07, 6.45) is 3.53. The number of carbonyl (C=O) groups excluding carboxylic acids is 1. The molecule has 1 fully saturated rings. The van der Waals surface area contributed by atoms with Gasteiger partial charge < -0.3 is 25.4 Å². The third-order valence-electron chi connectivity index (χ3n) is 5.03. The summed E-state index contributed by atoms with van der Waals surface area (Å²) in [6.45, 7) is 3.19. The molecular formula is C21H27N3O3. The average molecular weight is 369 g/mol. The van der Waals surface area contributed by atoms with Gasteiger partial charge in [-0.05, 0) is 62.6 Å². The Hall–Kier alpha value is -2.89. The lowest BCUT2D eigenvalue weighted by Gasteiger charge is -2.36. The summed E-state index contributed by atoms with van der Waals surface area (Å²) in [4.78, 5) is 15.2. The molecule has 27 heavy (non-hydrogen) atoms. The van der Waals surface area contributed by atoms with E-state index in [0.29, 0.717) is 28.8 Å². The first-order chi connectivity index (χ1) is 13.0. The highest BCUT2D eigenvalue weighted by atomic mass is 16.5. The van der Waals surface area contributed by atoms with Gasteiger partial charge in [0, 0.05) is 23.8 Å². The minimum Gasteiger partial charge on any atom is -0.493 e. The van der Waals surface area contributed by atoms with Crippen molar-refractivity contribution in [3.63, 3.8) is 0 Å². The molecule has 1 atom stereocenters. The molecule has 1 heterocycles. The SMILES string of the molecule is COc1ccc(C(=O)Nc2cc(N)ccc2N2CCCCC2C)cc1OC. The Kier molecular flexibility index (Phi) is 5.74. The number of nitrogens with two attached hydrogens (primary N) is 1. The summed E-state index contributed by atoms with van der Waals surface area (Å²) in [5, 5.41) is 3.02. The smallest absolute Gasteiger partial charge is 0.255 e. The molecule has 0 saturated carbocycles. The van der Waals surface area contributed by atoms with E-state index in [2.05, 4.69) is 17.1 Å². The summed E-state index contributed by atoms with van der Waals surface area (Å²) in [6, 6.07) is 11.2. The number of methoxy groups -OCH3 is 2. The molecule has 3 rings (SSSR count). The van der Waals surface area contributed by atoms with Crippen molar-refractivity contribution >= 4 is 23.0 Å². The number of rotatable bonds is 5. The van der Waals surface area contributed by atoms with Crippen molar-refractivity contribution in [2.45, 2.75) is 32.2 Å². The van der Waals surface area contributed by atoms with E-state index in [9.17, 15) is 4.79 Å². The number of ether oxygens (including phenoxy) is 2. The van der Waals surface area contributed by atoms with Gasteiger partial charge in [-0.15, -0.1) is 0 Å². The van der Waals surface area contributed by atoms with Crippen LogP contribution in [0, 0.1) is 0 Å². The van der Waals surface area contributed by atoms with Gasteiger partial charge in [-0.1, -0.05) is 0 Å². The summed E-state index contributed by atoms with van der Waals surface area (Å²) in [7, 11) is 3.11. The lowest BCUT2D eigenvalue weighted by molar-refractivity contribution is 0.102. The first-order valence-corrected chi connectivity index (χ1v) is 9.23. The third-order valence-corrected chi connectivity index (χ3v) is 5.03. The highest BCUT2D eigenvalue weighted by Crippen LogP contribution is 2.34. The van der Waals surface area contributed by atoms with Gasteiger partial charge in [0.25, 0.3) is 5.91 Å². The first-order valence-electron chi connectivity index (χ1n) is 9.23. The molecule has 1 aliphatic heterocycles. The Morgan fingerprint density at radius 1 is 1.11 bits per heavy atom. The second-order valence-corrected chi connectivity index (χ2v) is 6.84. The van der Waals surface area contributed by atoms with Crippen LogP contribution in [-0.4, -0.2) is 32.7 Å². The molecule has 0 radical (unpaired) electrons. The minimum atomic E-state index is -0.215. The number of nitrogen functional groups attached to an aromatic ring is 1. The molecule has 3 N–H and O–H groups in total. The molecule has 0 bridgehead atoms. The molecule has 0 aliphatic carbocycles. The molecule has 1 amide bonds. The van der Waals surface area contributed by atoms with E-state index in [-0.39, 0.29) is 5.91 Å². The number of amides is 1. The van der Waals surface area contributed by atoms with E-state index < -0.39 is 0 Å². The van der Waals surface area contributed by atoms with Crippen LogP contribution in [0.4, 0.5) is 17.1 Å². The van der Waals surface area contributed by atoms with E-state index in [0.717, 1.165) is 30.8 Å². The van der Waals surface area contributed by atoms with E-state index >= 15 is 0 Å². The second kappa shape index (κ2) is 8.20. The predicted octanol–water partition coefficient (Wildman–Crippen LogP) is 3.92. The fraction of sp³-hybridized carbons (Fsp3) is 0.381. The van der Waals surface area contributed by atoms with Gasteiger partial charge in [-0.25, -0.2) is 0 Å². The van der Waals surface area contributed by atoms with E-state index in [1.165, 1.54) is 6.42 Å².